The van der Waals surface area contributed by atoms with E-state index in [1.807, 2.05) is 60.0 Å². The van der Waals surface area contributed by atoms with Crippen LogP contribution >= 0.6 is 0 Å². The number of carbonyl (C=O) groups is 2. The summed E-state index contributed by atoms with van der Waals surface area (Å²) in [5.74, 6) is 0.0785. The monoisotopic (exact) mass is 340 g/mol. The van der Waals surface area contributed by atoms with Gasteiger partial charge in [0.2, 0.25) is 11.8 Å². The van der Waals surface area contributed by atoms with Crippen LogP contribution in [0.25, 0.3) is 0 Å². The molecule has 0 saturated carbocycles. The molecule has 132 valence electrons. The maximum absolute atomic E-state index is 12.7. The molecule has 25 heavy (non-hydrogen) atoms. The highest BCUT2D eigenvalue weighted by Gasteiger charge is 2.32. The van der Waals surface area contributed by atoms with Gasteiger partial charge in [-0.3, -0.25) is 14.3 Å². The van der Waals surface area contributed by atoms with Crippen LogP contribution in [-0.2, 0) is 16.1 Å². The number of hydrogen-bond donors (Lipinski definition) is 0. The molecule has 1 aromatic heterocycles. The number of amides is 2. The molecule has 6 nitrogen and oxygen atoms in total. The average Bonchev–Trinajstić information content (AvgIpc) is 2.92. The summed E-state index contributed by atoms with van der Waals surface area (Å²) in [4.78, 5) is 28.4. The van der Waals surface area contributed by atoms with Crippen LogP contribution in [0.2, 0.25) is 0 Å². The third-order valence-corrected chi connectivity index (χ3v) is 4.71. The molecule has 0 radical (unpaired) electrons. The third-order valence-electron chi connectivity index (χ3n) is 4.71. The van der Waals surface area contributed by atoms with Crippen molar-refractivity contribution in [2.45, 2.75) is 33.4 Å². The highest BCUT2D eigenvalue weighted by Crippen LogP contribution is 2.25. The third kappa shape index (κ3) is 3.73. The minimum atomic E-state index is -0.100. The fourth-order valence-electron chi connectivity index (χ4n) is 3.41. The molecule has 1 aromatic carbocycles. The van der Waals surface area contributed by atoms with Crippen molar-refractivity contribution >= 4 is 11.8 Å². The number of nitrogens with zero attached hydrogens (tertiary/aromatic N) is 4. The van der Waals surface area contributed by atoms with Crippen LogP contribution in [-0.4, -0.2) is 51.0 Å². The van der Waals surface area contributed by atoms with E-state index in [2.05, 4.69) is 5.10 Å². The van der Waals surface area contributed by atoms with Gasteiger partial charge in [-0.1, -0.05) is 30.3 Å². The van der Waals surface area contributed by atoms with Gasteiger partial charge in [-0.2, -0.15) is 5.10 Å². The second-order valence-corrected chi connectivity index (χ2v) is 6.56. The lowest BCUT2D eigenvalue weighted by Crippen LogP contribution is -2.52. The number of aromatic nitrogens is 2. The molecular formula is C19H24N4O2. The van der Waals surface area contributed by atoms with Crippen LogP contribution in [0.4, 0.5) is 0 Å². The van der Waals surface area contributed by atoms with Crippen molar-refractivity contribution in [2.24, 2.45) is 0 Å². The minimum Gasteiger partial charge on any atom is -0.337 e. The lowest BCUT2D eigenvalue weighted by atomic mass is 10.0. The molecule has 1 saturated heterocycles. The average molecular weight is 340 g/mol. The molecule has 0 N–H and O–H groups in total. The maximum atomic E-state index is 12.7. The molecule has 1 aliphatic rings. The van der Waals surface area contributed by atoms with E-state index in [1.54, 1.807) is 11.6 Å². The maximum Gasteiger partial charge on any atom is 0.244 e. The van der Waals surface area contributed by atoms with Crippen LogP contribution in [0.15, 0.2) is 36.4 Å². The number of piperazine rings is 1. The van der Waals surface area contributed by atoms with Gasteiger partial charge in [-0.25, -0.2) is 0 Å². The van der Waals surface area contributed by atoms with E-state index in [1.165, 1.54) is 0 Å². The molecular weight excluding hydrogens is 316 g/mol. The number of carbonyl (C=O) groups excluding carboxylic acids is 2. The highest BCUT2D eigenvalue weighted by atomic mass is 16.2. The molecule has 0 aliphatic carbocycles. The lowest BCUT2D eigenvalue weighted by Gasteiger charge is -2.41. The van der Waals surface area contributed by atoms with E-state index in [-0.39, 0.29) is 24.4 Å². The van der Waals surface area contributed by atoms with E-state index in [9.17, 15) is 9.59 Å². The Kier molecular flexibility index (Phi) is 4.88. The van der Waals surface area contributed by atoms with Crippen molar-refractivity contribution in [3.63, 3.8) is 0 Å². The molecule has 2 heterocycles. The van der Waals surface area contributed by atoms with Gasteiger partial charge in [-0.05, 0) is 25.5 Å². The van der Waals surface area contributed by atoms with Crippen LogP contribution < -0.4 is 0 Å². The molecule has 1 atom stereocenters. The highest BCUT2D eigenvalue weighted by molar-refractivity contribution is 5.77. The number of benzene rings is 1. The first-order valence-electron chi connectivity index (χ1n) is 8.56. The van der Waals surface area contributed by atoms with Gasteiger partial charge >= 0.3 is 0 Å². The summed E-state index contributed by atoms with van der Waals surface area (Å²) >= 11 is 0. The Labute approximate surface area is 148 Å². The van der Waals surface area contributed by atoms with Crippen LogP contribution in [0.5, 0.6) is 0 Å². The summed E-state index contributed by atoms with van der Waals surface area (Å²) < 4.78 is 1.74. The first-order valence-corrected chi connectivity index (χ1v) is 8.56. The molecule has 0 bridgehead atoms. The molecule has 0 spiro atoms. The van der Waals surface area contributed by atoms with Gasteiger partial charge in [0, 0.05) is 32.3 Å². The predicted molar refractivity (Wildman–Crippen MR) is 94.9 cm³/mol. The van der Waals surface area contributed by atoms with Gasteiger partial charge < -0.3 is 9.80 Å². The Morgan fingerprint density at radius 2 is 1.88 bits per heavy atom. The first kappa shape index (κ1) is 17.2. The van der Waals surface area contributed by atoms with Gasteiger partial charge in [-0.15, -0.1) is 0 Å². The van der Waals surface area contributed by atoms with E-state index >= 15 is 0 Å². The first-order chi connectivity index (χ1) is 12.0. The fourth-order valence-corrected chi connectivity index (χ4v) is 3.41. The van der Waals surface area contributed by atoms with Crippen molar-refractivity contribution in [1.82, 2.24) is 19.6 Å². The van der Waals surface area contributed by atoms with E-state index in [0.29, 0.717) is 19.6 Å². The van der Waals surface area contributed by atoms with Crippen LogP contribution in [0.3, 0.4) is 0 Å². The number of aryl methyl sites for hydroxylation is 2. The minimum absolute atomic E-state index is 0.0373. The Balaban J connectivity index is 1.76. The molecule has 2 aromatic rings. The molecule has 2 amide bonds. The van der Waals surface area contributed by atoms with Crippen LogP contribution in [0, 0.1) is 13.8 Å². The van der Waals surface area contributed by atoms with Gasteiger partial charge in [0.05, 0.1) is 11.7 Å². The smallest absolute Gasteiger partial charge is 0.244 e. The number of rotatable bonds is 3. The van der Waals surface area contributed by atoms with Crippen molar-refractivity contribution in [3.8, 4) is 0 Å². The Morgan fingerprint density at radius 1 is 1.16 bits per heavy atom. The number of hydrogen-bond acceptors (Lipinski definition) is 3. The standard InChI is InChI=1S/C19H24N4O2/c1-14-11-15(2)23(20-14)13-19(25)21-9-10-22(16(3)24)18(12-21)17-7-5-4-6-8-17/h4-8,11,18H,9-10,12-13H2,1-3H3/t18-/m1/s1. The van der Waals surface area contributed by atoms with Crippen molar-refractivity contribution in [3.05, 3.63) is 53.3 Å². The second-order valence-electron chi connectivity index (χ2n) is 6.56. The van der Waals surface area contributed by atoms with Crippen molar-refractivity contribution in [1.29, 1.82) is 0 Å². The molecule has 1 fully saturated rings. The quantitative estimate of drug-likeness (QED) is 0.858. The fraction of sp³-hybridized carbons (Fsp3) is 0.421. The molecule has 1 aliphatic heterocycles. The van der Waals surface area contributed by atoms with E-state index in [0.717, 1.165) is 17.0 Å². The summed E-state index contributed by atoms with van der Waals surface area (Å²) in [6.45, 7) is 7.32. The largest absolute Gasteiger partial charge is 0.337 e. The summed E-state index contributed by atoms with van der Waals surface area (Å²) in [5, 5.41) is 4.37. The van der Waals surface area contributed by atoms with Gasteiger partial charge in [0.1, 0.15) is 6.54 Å². The molecule has 0 unspecified atom stereocenters. The Morgan fingerprint density at radius 3 is 2.48 bits per heavy atom. The predicted octanol–water partition coefficient (Wildman–Crippen LogP) is 1.93. The molecule has 3 rings (SSSR count). The van der Waals surface area contributed by atoms with Crippen molar-refractivity contribution < 1.29 is 9.59 Å². The zero-order valence-corrected chi connectivity index (χ0v) is 15.0. The van der Waals surface area contributed by atoms with E-state index in [4.69, 9.17) is 0 Å². The zero-order valence-electron chi connectivity index (χ0n) is 15.0. The second kappa shape index (κ2) is 7.09. The van der Waals surface area contributed by atoms with E-state index < -0.39 is 0 Å². The van der Waals surface area contributed by atoms with Gasteiger partial charge in [0.15, 0.2) is 0 Å². The van der Waals surface area contributed by atoms with Crippen LogP contribution in [0.1, 0.15) is 29.9 Å². The normalized spacial score (nSPS) is 17.6. The van der Waals surface area contributed by atoms with Crippen molar-refractivity contribution in [2.75, 3.05) is 19.6 Å². The zero-order chi connectivity index (χ0) is 18.0. The lowest BCUT2D eigenvalue weighted by molar-refractivity contribution is -0.142. The summed E-state index contributed by atoms with van der Waals surface area (Å²) in [6, 6.07) is 11.8. The molecule has 6 heteroatoms. The summed E-state index contributed by atoms with van der Waals surface area (Å²) in [7, 11) is 0. The SMILES string of the molecule is CC(=O)N1CCN(C(=O)Cn2nc(C)cc2C)C[C@@H]1c1ccccc1. The Hall–Kier alpha value is -2.63. The Bertz CT molecular complexity index is 769. The summed E-state index contributed by atoms with van der Waals surface area (Å²) in [6.07, 6.45) is 0. The topological polar surface area (TPSA) is 58.4 Å². The summed E-state index contributed by atoms with van der Waals surface area (Å²) in [5.41, 5.74) is 2.95. The van der Waals surface area contributed by atoms with Gasteiger partial charge in [0.25, 0.3) is 0 Å².